The number of hydrogen-bond donors (Lipinski definition) is 2. The van der Waals surface area contributed by atoms with Gasteiger partial charge in [-0.05, 0) is 35.2 Å². The van der Waals surface area contributed by atoms with Crippen LogP contribution in [0.15, 0.2) is 30.3 Å². The normalized spacial score (nSPS) is 18.9. The molecule has 2 aromatic rings. The topological polar surface area (TPSA) is 102 Å². The van der Waals surface area contributed by atoms with E-state index < -0.39 is 12.1 Å². The van der Waals surface area contributed by atoms with Crippen molar-refractivity contribution in [3.8, 4) is 6.07 Å². The fraction of sp³-hybridized carbons (Fsp3) is 0.400. The Bertz CT molecular complexity index is 894. The summed E-state index contributed by atoms with van der Waals surface area (Å²) in [5.74, 6) is 0.00856. The van der Waals surface area contributed by atoms with Crippen molar-refractivity contribution >= 4 is 11.7 Å². The summed E-state index contributed by atoms with van der Waals surface area (Å²) in [4.78, 5) is 14.1. The van der Waals surface area contributed by atoms with Crippen LogP contribution in [0.4, 0.5) is 10.2 Å². The van der Waals surface area contributed by atoms with Crippen LogP contribution in [0, 0.1) is 17.1 Å². The molecule has 0 radical (unpaired) electrons. The number of carbonyl (C=O) groups excluding carboxylic acids is 1. The van der Waals surface area contributed by atoms with Gasteiger partial charge in [0.25, 0.3) is 0 Å². The number of benzene rings is 1. The third-order valence-corrected chi connectivity index (χ3v) is 4.78. The van der Waals surface area contributed by atoms with Crippen LogP contribution in [0.1, 0.15) is 36.6 Å². The highest BCUT2D eigenvalue weighted by Gasteiger charge is 2.33. The number of aliphatic hydroxyl groups excluding tert-OH is 1. The highest BCUT2D eigenvalue weighted by Crippen LogP contribution is 2.20. The number of nitrogens with zero attached hydrogens (tertiary/aromatic N) is 4. The Morgan fingerprint density at radius 1 is 1.36 bits per heavy atom. The molecule has 1 fully saturated rings. The molecule has 8 heteroatoms. The van der Waals surface area contributed by atoms with Gasteiger partial charge in [0.2, 0.25) is 5.91 Å². The molecule has 1 saturated heterocycles. The average molecular weight is 383 g/mol. The van der Waals surface area contributed by atoms with Crippen LogP contribution >= 0.6 is 0 Å². The number of hydrogen-bond acceptors (Lipinski definition) is 6. The monoisotopic (exact) mass is 383 g/mol. The predicted octanol–water partition coefficient (Wildman–Crippen LogP) is 1.52. The molecule has 0 saturated carbocycles. The first-order valence-corrected chi connectivity index (χ1v) is 9.12. The van der Waals surface area contributed by atoms with Crippen LogP contribution < -0.4 is 10.2 Å². The maximum Gasteiger partial charge on any atom is 0.224 e. The Morgan fingerprint density at radius 2 is 2.14 bits per heavy atom. The van der Waals surface area contributed by atoms with Crippen LogP contribution in [0.5, 0.6) is 0 Å². The molecule has 2 atom stereocenters. The van der Waals surface area contributed by atoms with Crippen molar-refractivity contribution in [1.29, 1.82) is 5.26 Å². The quantitative estimate of drug-likeness (QED) is 0.812. The van der Waals surface area contributed by atoms with E-state index in [1.165, 1.54) is 6.07 Å². The van der Waals surface area contributed by atoms with Gasteiger partial charge < -0.3 is 15.3 Å². The zero-order valence-electron chi connectivity index (χ0n) is 15.8. The van der Waals surface area contributed by atoms with E-state index in [1.807, 2.05) is 19.9 Å². The van der Waals surface area contributed by atoms with Crippen LogP contribution in [-0.4, -0.2) is 46.4 Å². The number of β-amino-alcohol motifs (C(OH)–C–C–N with tert-alkyl or cyclic N) is 1. The van der Waals surface area contributed by atoms with E-state index in [2.05, 4.69) is 15.5 Å². The van der Waals surface area contributed by atoms with Gasteiger partial charge in [-0.3, -0.25) is 4.79 Å². The Hall–Kier alpha value is -3.05. The van der Waals surface area contributed by atoms with Gasteiger partial charge >= 0.3 is 0 Å². The van der Waals surface area contributed by atoms with Gasteiger partial charge in [0.15, 0.2) is 11.5 Å². The van der Waals surface area contributed by atoms with E-state index in [9.17, 15) is 14.3 Å². The smallest absolute Gasteiger partial charge is 0.224 e. The van der Waals surface area contributed by atoms with Crippen molar-refractivity contribution in [2.24, 2.45) is 0 Å². The average Bonchev–Trinajstić information content (AvgIpc) is 3.02. The first-order valence-electron chi connectivity index (χ1n) is 9.12. The number of nitrogens with one attached hydrogen (secondary N) is 1. The maximum atomic E-state index is 14.1. The number of carbonyl (C=O) groups is 1. The van der Waals surface area contributed by atoms with Crippen molar-refractivity contribution < 1.29 is 14.3 Å². The fourth-order valence-electron chi connectivity index (χ4n) is 3.26. The summed E-state index contributed by atoms with van der Waals surface area (Å²) in [6.07, 6.45) is -0.726. The van der Waals surface area contributed by atoms with Gasteiger partial charge in [-0.2, -0.15) is 5.26 Å². The van der Waals surface area contributed by atoms with E-state index in [-0.39, 0.29) is 29.8 Å². The molecule has 1 unspecified atom stereocenters. The second-order valence-corrected chi connectivity index (χ2v) is 7.22. The Morgan fingerprint density at radius 3 is 2.75 bits per heavy atom. The zero-order valence-corrected chi connectivity index (χ0v) is 15.8. The van der Waals surface area contributed by atoms with E-state index >= 15 is 0 Å². The summed E-state index contributed by atoms with van der Waals surface area (Å²) in [6.45, 7) is 4.49. The Labute approximate surface area is 162 Å². The van der Waals surface area contributed by atoms with Gasteiger partial charge in [0, 0.05) is 13.1 Å². The number of aliphatic hydroxyl groups is 1. The predicted molar refractivity (Wildman–Crippen MR) is 101 cm³/mol. The number of halogens is 1. The summed E-state index contributed by atoms with van der Waals surface area (Å²) in [5, 5.41) is 29.6. The Balaban J connectivity index is 1.59. The molecule has 1 amide bonds. The SMILES string of the molecule is CC(C)c1ccc(CC(=O)NC2CN(c3ccc(C#N)nn3)C[C@H]2O)cc1F. The van der Waals surface area contributed by atoms with Crippen molar-refractivity contribution in [3.63, 3.8) is 0 Å². The zero-order chi connectivity index (χ0) is 20.3. The molecule has 2 heterocycles. The van der Waals surface area contributed by atoms with E-state index in [0.29, 0.717) is 30.0 Å². The third-order valence-electron chi connectivity index (χ3n) is 4.78. The summed E-state index contributed by atoms with van der Waals surface area (Å²) < 4.78 is 14.1. The van der Waals surface area contributed by atoms with Gasteiger partial charge in [-0.1, -0.05) is 26.0 Å². The molecule has 1 aromatic heterocycles. The minimum absolute atomic E-state index is 0.0369. The second-order valence-electron chi connectivity index (χ2n) is 7.22. The summed E-state index contributed by atoms with van der Waals surface area (Å²) >= 11 is 0. The molecule has 1 aliphatic rings. The highest BCUT2D eigenvalue weighted by molar-refractivity contribution is 5.79. The van der Waals surface area contributed by atoms with Gasteiger partial charge in [0.05, 0.1) is 18.6 Å². The molecule has 7 nitrogen and oxygen atoms in total. The molecular weight excluding hydrogens is 361 g/mol. The third kappa shape index (κ3) is 4.43. The highest BCUT2D eigenvalue weighted by atomic mass is 19.1. The van der Waals surface area contributed by atoms with Crippen molar-refractivity contribution in [1.82, 2.24) is 15.5 Å². The summed E-state index contributed by atoms with van der Waals surface area (Å²) in [5.41, 5.74) is 1.42. The molecule has 1 aromatic carbocycles. The van der Waals surface area contributed by atoms with Crippen LogP contribution in [0.25, 0.3) is 0 Å². The van der Waals surface area contributed by atoms with Crippen LogP contribution in [0.3, 0.4) is 0 Å². The summed E-state index contributed by atoms with van der Waals surface area (Å²) in [7, 11) is 0. The van der Waals surface area contributed by atoms with Gasteiger partial charge in [-0.15, -0.1) is 10.2 Å². The molecule has 3 rings (SSSR count). The maximum absolute atomic E-state index is 14.1. The molecule has 2 N–H and O–H groups in total. The van der Waals surface area contributed by atoms with Crippen LogP contribution in [0.2, 0.25) is 0 Å². The minimum Gasteiger partial charge on any atom is -0.389 e. The van der Waals surface area contributed by atoms with Crippen molar-refractivity contribution in [2.75, 3.05) is 18.0 Å². The lowest BCUT2D eigenvalue weighted by atomic mass is 10.00. The Kier molecular flexibility index (Phi) is 5.85. The summed E-state index contributed by atoms with van der Waals surface area (Å²) in [6, 6.07) is 9.48. The molecule has 1 aliphatic heterocycles. The van der Waals surface area contributed by atoms with Crippen LogP contribution in [-0.2, 0) is 11.2 Å². The first kappa shape index (κ1) is 19.7. The first-order chi connectivity index (χ1) is 13.4. The number of anilines is 1. The molecule has 0 spiro atoms. The number of aromatic nitrogens is 2. The standard InChI is InChI=1S/C20H22FN5O2/c1-12(2)15-5-3-13(7-16(15)21)8-20(28)23-17-10-26(11-18(17)27)19-6-4-14(9-22)24-25-19/h3-7,12,17-18,27H,8,10-11H2,1-2H3,(H,23,28)/t17?,18-/m1/s1. The van der Waals surface area contributed by atoms with E-state index in [4.69, 9.17) is 5.26 Å². The van der Waals surface area contributed by atoms with Gasteiger partial charge in [0.1, 0.15) is 11.9 Å². The second kappa shape index (κ2) is 8.31. The fourth-order valence-corrected chi connectivity index (χ4v) is 3.26. The lowest BCUT2D eigenvalue weighted by Gasteiger charge is -2.17. The minimum atomic E-state index is -0.763. The lowest BCUT2D eigenvalue weighted by molar-refractivity contribution is -0.121. The van der Waals surface area contributed by atoms with E-state index in [1.54, 1.807) is 29.2 Å². The number of rotatable bonds is 5. The molecule has 0 aliphatic carbocycles. The largest absolute Gasteiger partial charge is 0.389 e. The lowest BCUT2D eigenvalue weighted by Crippen LogP contribution is -2.43. The van der Waals surface area contributed by atoms with Gasteiger partial charge in [-0.25, -0.2) is 4.39 Å². The molecule has 146 valence electrons. The van der Waals surface area contributed by atoms with Crippen molar-refractivity contribution in [3.05, 3.63) is 53.0 Å². The van der Waals surface area contributed by atoms with E-state index in [0.717, 1.165) is 0 Å². The molecular formula is C20H22FN5O2. The number of nitriles is 1. The molecule has 28 heavy (non-hydrogen) atoms. The number of amides is 1. The van der Waals surface area contributed by atoms with Crippen molar-refractivity contribution in [2.45, 2.75) is 38.3 Å². The molecule has 0 bridgehead atoms.